The zero-order valence-corrected chi connectivity index (χ0v) is 13.7. The number of β-amino-alcohol motifs (C(OH)–C–C–N with tert-alkyl or cyclic N) is 1. The average Bonchev–Trinajstić information content (AvgIpc) is 2.52. The highest BCUT2D eigenvalue weighted by Gasteiger charge is 2.34. The highest BCUT2D eigenvalue weighted by Crippen LogP contribution is 2.34. The van der Waals surface area contributed by atoms with Crippen LogP contribution >= 0.6 is 0 Å². The van der Waals surface area contributed by atoms with Gasteiger partial charge in [-0.25, -0.2) is 4.39 Å². The first-order valence-electron chi connectivity index (χ1n) is 7.98. The van der Waals surface area contributed by atoms with Crippen molar-refractivity contribution in [3.63, 3.8) is 0 Å². The van der Waals surface area contributed by atoms with E-state index in [4.69, 9.17) is 4.74 Å². The quantitative estimate of drug-likeness (QED) is 0.848. The molecule has 4 nitrogen and oxygen atoms in total. The van der Waals surface area contributed by atoms with Crippen LogP contribution in [0.4, 0.5) is 4.39 Å². The fourth-order valence-electron chi connectivity index (χ4n) is 3.25. The molecule has 22 heavy (non-hydrogen) atoms. The van der Waals surface area contributed by atoms with Crippen molar-refractivity contribution in [1.29, 1.82) is 0 Å². The summed E-state index contributed by atoms with van der Waals surface area (Å²) in [7, 11) is 1.77. The van der Waals surface area contributed by atoms with Crippen LogP contribution in [-0.2, 0) is 4.74 Å². The van der Waals surface area contributed by atoms with Gasteiger partial charge >= 0.3 is 0 Å². The zero-order chi connectivity index (χ0) is 16.2. The topological polar surface area (TPSA) is 54.4 Å². The third-order valence-corrected chi connectivity index (χ3v) is 4.84. The van der Waals surface area contributed by atoms with Gasteiger partial charge in [-0.2, -0.15) is 0 Å². The van der Waals surface area contributed by atoms with Crippen molar-refractivity contribution in [3.05, 3.63) is 29.8 Å². The molecule has 0 saturated heterocycles. The lowest BCUT2D eigenvalue weighted by Gasteiger charge is -2.40. The molecule has 0 spiro atoms. The van der Waals surface area contributed by atoms with E-state index in [-0.39, 0.29) is 5.54 Å². The van der Waals surface area contributed by atoms with Crippen molar-refractivity contribution in [2.24, 2.45) is 5.92 Å². The second kappa shape index (κ2) is 7.49. The van der Waals surface area contributed by atoms with Gasteiger partial charge in [0.1, 0.15) is 5.82 Å². The second-order valence-corrected chi connectivity index (χ2v) is 6.78. The van der Waals surface area contributed by atoms with E-state index in [1.165, 1.54) is 18.7 Å². The van der Waals surface area contributed by atoms with Gasteiger partial charge in [0.25, 0.3) is 0 Å². The van der Waals surface area contributed by atoms with Gasteiger partial charge in [0.2, 0.25) is 0 Å². The Kier molecular flexibility index (Phi) is 5.89. The van der Waals surface area contributed by atoms with Gasteiger partial charge in [-0.3, -0.25) is 4.98 Å². The molecular weight excluding hydrogens is 283 g/mol. The third kappa shape index (κ3) is 4.48. The summed E-state index contributed by atoms with van der Waals surface area (Å²) >= 11 is 0. The van der Waals surface area contributed by atoms with Gasteiger partial charge in [0.05, 0.1) is 18.4 Å². The summed E-state index contributed by atoms with van der Waals surface area (Å²) in [6.07, 6.45) is 6.71. The molecule has 1 aromatic rings. The lowest BCUT2D eigenvalue weighted by molar-refractivity contribution is 0.0269. The summed E-state index contributed by atoms with van der Waals surface area (Å²) in [6, 6.07) is 1.33. The third-order valence-electron chi connectivity index (χ3n) is 4.84. The lowest BCUT2D eigenvalue weighted by atomic mass is 9.75. The van der Waals surface area contributed by atoms with E-state index in [1.807, 2.05) is 0 Å². The number of nitrogens with zero attached hydrogens (tertiary/aromatic N) is 1. The molecule has 0 aliphatic heterocycles. The highest BCUT2D eigenvalue weighted by molar-refractivity contribution is 5.13. The SMILES string of the molecule is CO[C@H]1CCC[C@@H](C(C)(C)NC[C@H](O)c2cncc(F)c2)C1. The number of halogens is 1. The van der Waals surface area contributed by atoms with Crippen LogP contribution in [0, 0.1) is 11.7 Å². The molecule has 0 aromatic carbocycles. The van der Waals surface area contributed by atoms with Crippen molar-refractivity contribution in [2.45, 2.75) is 57.3 Å². The van der Waals surface area contributed by atoms with Crippen LogP contribution in [0.3, 0.4) is 0 Å². The number of hydrogen-bond donors (Lipinski definition) is 2. The molecule has 1 aromatic heterocycles. The van der Waals surface area contributed by atoms with Crippen LogP contribution in [0.15, 0.2) is 18.5 Å². The molecule has 2 N–H and O–H groups in total. The predicted octanol–water partition coefficient (Wildman–Crippen LogP) is 2.83. The molecule has 1 aliphatic carbocycles. The van der Waals surface area contributed by atoms with E-state index in [0.29, 0.717) is 24.1 Å². The van der Waals surface area contributed by atoms with E-state index in [9.17, 15) is 9.50 Å². The second-order valence-electron chi connectivity index (χ2n) is 6.78. The molecule has 3 atom stereocenters. The Bertz CT molecular complexity index is 481. The van der Waals surface area contributed by atoms with Crippen molar-refractivity contribution in [3.8, 4) is 0 Å². The molecule has 1 aliphatic rings. The summed E-state index contributed by atoms with van der Waals surface area (Å²) in [5.74, 6) is 0.0788. The van der Waals surface area contributed by atoms with Crippen LogP contribution in [0.1, 0.15) is 51.2 Å². The van der Waals surface area contributed by atoms with Crippen molar-refractivity contribution < 1.29 is 14.2 Å². The Labute approximate surface area is 132 Å². The number of ether oxygens (including phenoxy) is 1. The molecule has 1 heterocycles. The fraction of sp³-hybridized carbons (Fsp3) is 0.706. The van der Waals surface area contributed by atoms with E-state index < -0.39 is 11.9 Å². The maximum atomic E-state index is 13.2. The molecule has 0 bridgehead atoms. The van der Waals surface area contributed by atoms with Crippen LogP contribution in [0.5, 0.6) is 0 Å². The van der Waals surface area contributed by atoms with Crippen LogP contribution < -0.4 is 5.32 Å². The van der Waals surface area contributed by atoms with Gasteiger partial charge in [0, 0.05) is 31.0 Å². The summed E-state index contributed by atoms with van der Waals surface area (Å²) in [5.41, 5.74) is 0.403. The largest absolute Gasteiger partial charge is 0.387 e. The summed E-state index contributed by atoms with van der Waals surface area (Å²) in [6.45, 7) is 4.70. The Balaban J connectivity index is 1.91. The van der Waals surface area contributed by atoms with Crippen LogP contribution in [-0.4, -0.2) is 35.4 Å². The van der Waals surface area contributed by atoms with Crippen LogP contribution in [0.25, 0.3) is 0 Å². The normalized spacial score (nSPS) is 24.2. The molecule has 2 rings (SSSR count). The lowest BCUT2D eigenvalue weighted by Crippen LogP contribution is -2.49. The van der Waals surface area contributed by atoms with E-state index in [0.717, 1.165) is 25.5 Å². The van der Waals surface area contributed by atoms with Gasteiger partial charge in [-0.05, 0) is 45.1 Å². The Morgan fingerprint density at radius 2 is 2.23 bits per heavy atom. The number of aliphatic hydroxyl groups is 1. The van der Waals surface area contributed by atoms with E-state index >= 15 is 0 Å². The smallest absolute Gasteiger partial charge is 0.141 e. The van der Waals surface area contributed by atoms with Crippen molar-refractivity contribution in [2.75, 3.05) is 13.7 Å². The maximum Gasteiger partial charge on any atom is 0.141 e. The first-order valence-corrected chi connectivity index (χ1v) is 7.98. The molecule has 1 saturated carbocycles. The number of methoxy groups -OCH3 is 1. The minimum absolute atomic E-state index is 0.0983. The van der Waals surface area contributed by atoms with Gasteiger partial charge in [-0.15, -0.1) is 0 Å². The standard InChI is InChI=1S/C17H27FN2O2/c1-17(2,13-5-4-6-15(8-13)22-3)20-11-16(21)12-7-14(18)10-19-9-12/h7,9-10,13,15-16,20-21H,4-6,8,11H2,1-3H3/t13-,15+,16+/m1/s1. The number of pyridine rings is 1. The molecule has 1 fully saturated rings. The molecule has 5 heteroatoms. The summed E-state index contributed by atoms with van der Waals surface area (Å²) in [5, 5.41) is 13.6. The molecular formula is C17H27FN2O2. The first kappa shape index (κ1) is 17.3. The van der Waals surface area contributed by atoms with Gasteiger partial charge in [0.15, 0.2) is 0 Å². The molecule has 0 radical (unpaired) electrons. The average molecular weight is 310 g/mol. The number of nitrogens with one attached hydrogen (secondary N) is 1. The zero-order valence-electron chi connectivity index (χ0n) is 13.7. The minimum Gasteiger partial charge on any atom is -0.387 e. The van der Waals surface area contributed by atoms with Crippen molar-refractivity contribution >= 4 is 0 Å². The predicted molar refractivity (Wildman–Crippen MR) is 84.0 cm³/mol. The van der Waals surface area contributed by atoms with E-state index in [1.54, 1.807) is 7.11 Å². The number of rotatable bonds is 6. The van der Waals surface area contributed by atoms with Gasteiger partial charge < -0.3 is 15.2 Å². The monoisotopic (exact) mass is 310 g/mol. The number of aliphatic hydroxyl groups excluding tert-OH is 1. The summed E-state index contributed by atoms with van der Waals surface area (Å²) < 4.78 is 18.7. The Morgan fingerprint density at radius 3 is 2.91 bits per heavy atom. The first-order chi connectivity index (χ1) is 10.4. The molecule has 0 amide bonds. The number of hydrogen-bond acceptors (Lipinski definition) is 4. The number of aromatic nitrogens is 1. The highest BCUT2D eigenvalue weighted by atomic mass is 19.1. The maximum absolute atomic E-state index is 13.2. The fourth-order valence-corrected chi connectivity index (χ4v) is 3.25. The summed E-state index contributed by atoms with van der Waals surface area (Å²) in [4.78, 5) is 3.78. The minimum atomic E-state index is -0.760. The van der Waals surface area contributed by atoms with E-state index in [2.05, 4.69) is 24.1 Å². The van der Waals surface area contributed by atoms with Gasteiger partial charge in [-0.1, -0.05) is 6.42 Å². The Hall–Kier alpha value is -1.04. The van der Waals surface area contributed by atoms with Crippen molar-refractivity contribution in [1.82, 2.24) is 10.3 Å². The molecule has 0 unspecified atom stereocenters. The Morgan fingerprint density at radius 1 is 1.45 bits per heavy atom. The molecule has 124 valence electrons. The van der Waals surface area contributed by atoms with Crippen LogP contribution in [0.2, 0.25) is 0 Å².